The molecule has 0 saturated heterocycles. The summed E-state index contributed by atoms with van der Waals surface area (Å²) in [5.74, 6) is 0. The highest BCUT2D eigenvalue weighted by atomic mass is 15.1. The molecule has 0 fully saturated rings. The summed E-state index contributed by atoms with van der Waals surface area (Å²) in [6.07, 6.45) is 5.03. The molecule has 0 saturated carbocycles. The zero-order valence-corrected chi connectivity index (χ0v) is 5.17. The van der Waals surface area contributed by atoms with Crippen molar-refractivity contribution in [2.24, 2.45) is 4.99 Å². The number of rotatable bonds is 2. The van der Waals surface area contributed by atoms with Crippen LogP contribution in [0.3, 0.4) is 0 Å². The van der Waals surface area contributed by atoms with E-state index in [4.69, 9.17) is 0 Å². The second-order valence-electron chi connectivity index (χ2n) is 1.94. The van der Waals surface area contributed by atoms with Crippen LogP contribution < -0.4 is 0 Å². The van der Waals surface area contributed by atoms with Crippen LogP contribution in [-0.2, 0) is 0 Å². The highest BCUT2D eigenvalue weighted by molar-refractivity contribution is 5.74. The van der Waals surface area contributed by atoms with Crippen LogP contribution in [0.4, 0.5) is 0 Å². The molecule has 0 aromatic carbocycles. The maximum Gasteiger partial charge on any atom is 0.281 e. The smallest absolute Gasteiger partial charge is 0.257 e. The Bertz CT molecular complexity index is 124. The zero-order valence-electron chi connectivity index (χ0n) is 5.17. The molecule has 0 aromatic heterocycles. The highest BCUT2D eigenvalue weighted by Crippen LogP contribution is 1.82. The molecule has 1 aliphatic rings. The molecule has 44 valence electrons. The minimum atomic E-state index is 1.01. The minimum absolute atomic E-state index is 1.01. The van der Waals surface area contributed by atoms with Crippen molar-refractivity contribution in [1.82, 2.24) is 0 Å². The maximum absolute atomic E-state index is 3.96. The Morgan fingerprint density at radius 1 is 1.75 bits per heavy atom. The Hall–Kier alpha value is -0.660. The van der Waals surface area contributed by atoms with E-state index in [2.05, 4.69) is 16.5 Å². The van der Waals surface area contributed by atoms with Gasteiger partial charge in [-0.1, -0.05) is 11.9 Å². The largest absolute Gasteiger partial charge is 0.281 e. The Morgan fingerprint density at radius 2 is 2.62 bits per heavy atom. The van der Waals surface area contributed by atoms with Crippen molar-refractivity contribution in [3.8, 4) is 0 Å². The van der Waals surface area contributed by atoms with Crippen molar-refractivity contribution in [3.05, 3.63) is 0 Å². The molecule has 0 radical (unpaired) electrons. The van der Waals surface area contributed by atoms with Gasteiger partial charge in [0, 0.05) is 0 Å². The van der Waals surface area contributed by atoms with Gasteiger partial charge >= 0.3 is 0 Å². The normalized spacial score (nSPS) is 16.9. The fraction of sp³-hybridized carbons (Fsp3) is 0.667. The predicted octanol–water partition coefficient (Wildman–Crippen LogP) is 0.522. The average Bonchev–Trinajstić information content (AvgIpc) is 2.19. The van der Waals surface area contributed by atoms with Crippen LogP contribution in [0.5, 0.6) is 0 Å². The molecule has 0 bridgehead atoms. The van der Waals surface area contributed by atoms with E-state index in [1.54, 1.807) is 0 Å². The molecular weight excluding hydrogens is 100 g/mol. The van der Waals surface area contributed by atoms with Gasteiger partial charge in [0.2, 0.25) is 0 Å². The molecule has 0 spiro atoms. The summed E-state index contributed by atoms with van der Waals surface area (Å²) >= 11 is 0. The van der Waals surface area contributed by atoms with E-state index < -0.39 is 0 Å². The van der Waals surface area contributed by atoms with Gasteiger partial charge in [0.25, 0.3) is 6.34 Å². The molecule has 1 rings (SSSR count). The van der Waals surface area contributed by atoms with Crippen LogP contribution in [0, 0.1) is 0 Å². The van der Waals surface area contributed by atoms with Crippen LogP contribution >= 0.6 is 0 Å². The van der Waals surface area contributed by atoms with Gasteiger partial charge in [-0.15, -0.1) is 0 Å². The van der Waals surface area contributed by atoms with E-state index in [9.17, 15) is 0 Å². The Labute approximate surface area is 49.6 Å². The fourth-order valence-electron chi connectivity index (χ4n) is 0.777. The summed E-state index contributed by atoms with van der Waals surface area (Å²) < 4.78 is 2.19. The van der Waals surface area contributed by atoms with Gasteiger partial charge in [-0.3, -0.25) is 4.58 Å². The van der Waals surface area contributed by atoms with Gasteiger partial charge in [-0.05, 0) is 6.42 Å². The van der Waals surface area contributed by atoms with E-state index in [0.29, 0.717) is 0 Å². The standard InChI is InChI=1S/C6H11N2/c1-2-4-8-5-3-7-6-8/h3,6H,2,4-5H2,1H3/q+1. The van der Waals surface area contributed by atoms with Gasteiger partial charge in [-0.2, -0.15) is 0 Å². The molecule has 1 aliphatic heterocycles. The van der Waals surface area contributed by atoms with Crippen molar-refractivity contribution in [2.75, 3.05) is 13.1 Å². The van der Waals surface area contributed by atoms with Crippen LogP contribution in [0.2, 0.25) is 0 Å². The first-order valence-electron chi connectivity index (χ1n) is 3.02. The van der Waals surface area contributed by atoms with Crippen molar-refractivity contribution >= 4 is 12.6 Å². The van der Waals surface area contributed by atoms with E-state index in [1.165, 1.54) is 6.42 Å². The van der Waals surface area contributed by atoms with E-state index in [-0.39, 0.29) is 0 Å². The summed E-state index contributed by atoms with van der Waals surface area (Å²) in [6.45, 7) is 4.32. The summed E-state index contributed by atoms with van der Waals surface area (Å²) in [5.41, 5.74) is 0. The summed E-state index contributed by atoms with van der Waals surface area (Å²) in [5, 5.41) is 0. The van der Waals surface area contributed by atoms with E-state index >= 15 is 0 Å². The summed E-state index contributed by atoms with van der Waals surface area (Å²) in [6, 6.07) is 0. The van der Waals surface area contributed by atoms with Gasteiger partial charge < -0.3 is 0 Å². The average molecular weight is 111 g/mol. The lowest BCUT2D eigenvalue weighted by Crippen LogP contribution is -2.10. The Balaban J connectivity index is 2.28. The van der Waals surface area contributed by atoms with Crippen LogP contribution in [0.25, 0.3) is 0 Å². The monoisotopic (exact) mass is 111 g/mol. The third-order valence-corrected chi connectivity index (χ3v) is 1.16. The lowest BCUT2D eigenvalue weighted by molar-refractivity contribution is -0.504. The third kappa shape index (κ3) is 1.15. The quantitative estimate of drug-likeness (QED) is 0.462. The van der Waals surface area contributed by atoms with E-state index in [0.717, 1.165) is 13.1 Å². The number of nitrogens with zero attached hydrogens (tertiary/aromatic N) is 2. The lowest BCUT2D eigenvalue weighted by atomic mass is 10.5. The van der Waals surface area contributed by atoms with Crippen molar-refractivity contribution in [3.63, 3.8) is 0 Å². The molecule has 2 nitrogen and oxygen atoms in total. The van der Waals surface area contributed by atoms with E-state index in [1.807, 2.05) is 12.6 Å². The summed E-state index contributed by atoms with van der Waals surface area (Å²) in [7, 11) is 0. The van der Waals surface area contributed by atoms with Crippen LogP contribution in [0.1, 0.15) is 13.3 Å². The zero-order chi connectivity index (χ0) is 5.82. The molecule has 8 heavy (non-hydrogen) atoms. The van der Waals surface area contributed by atoms with Gasteiger partial charge in [0.05, 0.1) is 6.54 Å². The minimum Gasteiger partial charge on any atom is -0.257 e. The Kier molecular flexibility index (Phi) is 1.78. The van der Waals surface area contributed by atoms with Crippen molar-refractivity contribution < 1.29 is 4.58 Å². The van der Waals surface area contributed by atoms with Crippen LogP contribution in [0.15, 0.2) is 4.99 Å². The van der Waals surface area contributed by atoms with Crippen LogP contribution in [-0.4, -0.2) is 30.2 Å². The molecule has 0 aliphatic carbocycles. The molecule has 0 aromatic rings. The molecule has 0 amide bonds. The first kappa shape index (κ1) is 5.48. The van der Waals surface area contributed by atoms with Gasteiger partial charge in [0.1, 0.15) is 6.54 Å². The molecule has 2 heteroatoms. The topological polar surface area (TPSA) is 15.4 Å². The predicted molar refractivity (Wildman–Crippen MR) is 34.8 cm³/mol. The second-order valence-corrected chi connectivity index (χ2v) is 1.94. The van der Waals surface area contributed by atoms with Crippen molar-refractivity contribution in [1.29, 1.82) is 0 Å². The lowest BCUT2D eigenvalue weighted by Gasteiger charge is -1.92. The molecule has 0 atom stereocenters. The second kappa shape index (κ2) is 2.60. The first-order valence-corrected chi connectivity index (χ1v) is 3.02. The molecule has 0 N–H and O–H groups in total. The Morgan fingerprint density at radius 3 is 3.12 bits per heavy atom. The summed E-state index contributed by atoms with van der Waals surface area (Å²) in [4.78, 5) is 3.96. The SMILES string of the molecule is CCC[N+]1=CN=CC1. The van der Waals surface area contributed by atoms with Gasteiger partial charge in [0.15, 0.2) is 6.21 Å². The third-order valence-electron chi connectivity index (χ3n) is 1.16. The molecule has 1 heterocycles. The fourth-order valence-corrected chi connectivity index (χ4v) is 0.777. The first-order chi connectivity index (χ1) is 3.93. The number of aliphatic imine (C=N–C) groups is 1. The maximum atomic E-state index is 3.96. The number of hydrogen-bond acceptors (Lipinski definition) is 1. The van der Waals surface area contributed by atoms with Crippen molar-refractivity contribution in [2.45, 2.75) is 13.3 Å². The molecular formula is C6H11N2+. The molecule has 0 unspecified atom stereocenters. The van der Waals surface area contributed by atoms with Gasteiger partial charge in [-0.25, -0.2) is 0 Å². The number of hydrogen-bond donors (Lipinski definition) is 0. The highest BCUT2D eigenvalue weighted by Gasteiger charge is 2.01.